The molecule has 0 aliphatic heterocycles. The molecule has 0 aliphatic carbocycles. The van der Waals surface area contributed by atoms with Gasteiger partial charge in [-0.1, -0.05) is 0 Å². The Morgan fingerprint density at radius 3 is 1.47 bits per heavy atom. The smallest absolute Gasteiger partial charge is 0.296 e. The molecule has 21 nitrogen and oxygen atoms in total. The molecule has 62 heavy (non-hydrogen) atoms. The summed E-state index contributed by atoms with van der Waals surface area (Å²) >= 11 is 0. The van der Waals surface area contributed by atoms with Gasteiger partial charge in [0.15, 0.2) is 5.75 Å². The summed E-state index contributed by atoms with van der Waals surface area (Å²) in [6.45, 7) is 0. The van der Waals surface area contributed by atoms with Crippen molar-refractivity contribution in [2.24, 2.45) is 35.7 Å². The number of aliphatic imine (C=N–C) groups is 1. The molecule has 10 N–H and O–H groups in total. The van der Waals surface area contributed by atoms with Crippen LogP contribution >= 0.6 is 0 Å². The van der Waals surface area contributed by atoms with Gasteiger partial charge in [-0.15, -0.1) is 15.3 Å². The minimum Gasteiger partial charge on any atom is -0.506 e. The van der Waals surface area contributed by atoms with Crippen LogP contribution in [0.4, 0.5) is 51.2 Å². The van der Waals surface area contributed by atoms with Gasteiger partial charge < -0.3 is 26.8 Å². The molecule has 3 radical (unpaired) electrons. The van der Waals surface area contributed by atoms with Crippen LogP contribution in [-0.2, 0) is 30.4 Å². The van der Waals surface area contributed by atoms with E-state index in [0.29, 0.717) is 23.1 Å². The van der Waals surface area contributed by atoms with E-state index in [-0.39, 0.29) is 117 Å². The third-order valence-corrected chi connectivity index (χ3v) is 10.6. The maximum absolute atomic E-state index is 12.5. The van der Waals surface area contributed by atoms with Crippen LogP contribution in [0.15, 0.2) is 153 Å². The van der Waals surface area contributed by atoms with Gasteiger partial charge in [0.1, 0.15) is 32.6 Å². The molecule has 0 fully saturated rings. The van der Waals surface area contributed by atoms with Crippen LogP contribution in [0.3, 0.4) is 0 Å². The zero-order chi connectivity index (χ0) is 42.9. The number of nitrogens with two attached hydrogens (primary N) is 2. The van der Waals surface area contributed by atoms with Gasteiger partial charge >= 0.3 is 0 Å². The number of hydrogen-bond acceptors (Lipinski definition) is 17. The summed E-state index contributed by atoms with van der Waals surface area (Å²) in [5.41, 5.74) is 11.2. The van der Waals surface area contributed by atoms with Crippen molar-refractivity contribution in [3.8, 4) is 11.5 Å². The number of aliphatic hydroxyl groups excluding tert-OH is 1. The van der Waals surface area contributed by atoms with E-state index in [4.69, 9.17) is 11.5 Å². The van der Waals surface area contributed by atoms with Crippen molar-refractivity contribution in [3.63, 3.8) is 0 Å². The van der Waals surface area contributed by atoms with Gasteiger partial charge in [-0.25, -0.2) is 4.99 Å². The molecular weight excluding hydrogens is 904 g/mol. The summed E-state index contributed by atoms with van der Waals surface area (Å²) in [6.07, 6.45) is 0. The number of rotatable bonds is 11. The van der Waals surface area contributed by atoms with Gasteiger partial charge in [0.05, 0.1) is 38.7 Å². The number of anilines is 2. The van der Waals surface area contributed by atoms with Crippen LogP contribution in [0.5, 0.6) is 11.5 Å². The predicted molar refractivity (Wildman–Crippen MR) is 230 cm³/mol. The first-order chi connectivity index (χ1) is 27.7. The van der Waals surface area contributed by atoms with Crippen molar-refractivity contribution >= 4 is 187 Å². The molecule has 0 saturated heterocycles. The van der Waals surface area contributed by atoms with Gasteiger partial charge in [-0.3, -0.25) is 13.7 Å². The van der Waals surface area contributed by atoms with E-state index in [0.717, 1.165) is 30.3 Å². The Morgan fingerprint density at radius 2 is 0.968 bits per heavy atom. The Hall–Kier alpha value is -4.22. The van der Waals surface area contributed by atoms with Crippen molar-refractivity contribution in [2.75, 3.05) is 11.5 Å². The molecule has 0 spiro atoms. The number of nitrogens with zero attached hydrogens (tertiary/aromatic N) is 7. The minimum absolute atomic E-state index is 0. The molecule has 0 atom stereocenters. The van der Waals surface area contributed by atoms with Crippen LogP contribution < -0.4 is 11.5 Å². The number of benzene rings is 6. The van der Waals surface area contributed by atoms with Crippen molar-refractivity contribution < 1.29 is 54.2 Å². The fraction of sp³-hybridized carbons (Fsp3) is 0. The topological polar surface area (TPSA) is 362 Å². The maximum atomic E-state index is 12.5. The molecule has 0 amide bonds. The third-order valence-electron chi connectivity index (χ3n) is 8.02. The van der Waals surface area contributed by atoms with E-state index >= 15 is 0 Å². The van der Waals surface area contributed by atoms with Gasteiger partial charge in [0.25, 0.3) is 30.4 Å². The van der Waals surface area contributed by atoms with Crippen molar-refractivity contribution in [3.05, 3.63) is 109 Å². The zero-order valence-corrected chi connectivity index (χ0v) is 40.9. The molecule has 0 heterocycles. The molecular formula is C35H27N9Na3O12S3. The van der Waals surface area contributed by atoms with E-state index in [1.54, 1.807) is 30.3 Å². The zero-order valence-electron chi connectivity index (χ0n) is 32.5. The molecule has 0 unspecified atom stereocenters. The largest absolute Gasteiger partial charge is 0.506 e. The Bertz CT molecular complexity index is 3120. The molecule has 0 aromatic heterocycles. The number of phenols is 2. The maximum Gasteiger partial charge on any atom is 0.296 e. The average molecular weight is 931 g/mol. The molecule has 6 aromatic rings. The second-order valence-corrected chi connectivity index (χ2v) is 16.3. The van der Waals surface area contributed by atoms with Crippen molar-refractivity contribution in [1.82, 2.24) is 0 Å². The second-order valence-electron chi connectivity index (χ2n) is 12.1. The predicted octanol–water partition coefficient (Wildman–Crippen LogP) is 6.90. The molecule has 0 saturated carbocycles. The van der Waals surface area contributed by atoms with E-state index in [9.17, 15) is 54.2 Å². The number of azo groups is 3. The average Bonchev–Trinajstić information content (AvgIpc) is 3.16. The first kappa shape index (κ1) is 52.1. The van der Waals surface area contributed by atoms with Gasteiger partial charge in [-0.2, -0.15) is 40.6 Å². The SMILES string of the molecule is Nc1ccc(N=Nc2ccc(N=C(O)c3ccc(N=Nc4c(S(=O)(=O)O)cc5cc(S(=O)(=O)O)c(N=Nc6ccc(S(=O)(=O)O)cc6)c(O)c5c4N)cc3)cc2)c(O)c1.[Na].[Na].[Na]. The van der Waals surface area contributed by atoms with Crippen LogP contribution in [0.25, 0.3) is 10.8 Å². The Labute approximate surface area is 418 Å². The fourth-order valence-electron chi connectivity index (χ4n) is 5.20. The molecule has 27 heteroatoms. The van der Waals surface area contributed by atoms with E-state index in [2.05, 4.69) is 35.7 Å². The Balaban J connectivity index is 0.00000341. The molecule has 0 bridgehead atoms. The normalized spacial score (nSPS) is 12.3. The Kier molecular flexibility index (Phi) is 17.6. The number of nitrogen functional groups attached to an aromatic ring is 2. The second kappa shape index (κ2) is 21.0. The number of aromatic hydroxyl groups is 2. The van der Waals surface area contributed by atoms with E-state index in [1.807, 2.05) is 0 Å². The van der Waals surface area contributed by atoms with Crippen LogP contribution in [0.2, 0.25) is 0 Å². The molecule has 305 valence electrons. The van der Waals surface area contributed by atoms with Crippen LogP contribution in [-0.4, -0.2) is 149 Å². The quantitative estimate of drug-likeness (QED) is 0.0164. The van der Waals surface area contributed by atoms with Crippen LogP contribution in [0.1, 0.15) is 5.56 Å². The molecule has 6 aromatic carbocycles. The summed E-state index contributed by atoms with van der Waals surface area (Å²) in [5, 5.41) is 54.3. The standard InChI is InChI=1S/C35H27N9O12S3.3Na/c36-20-3-14-26(27(45)17-20)42-39-23-8-6-21(7-9-23)38-35(47)18-1-4-22(5-2-18)40-43-32-28(58(51,52)53)15-19-16-29(59(54,55)56)33(34(46)30(19)31(32)37)44-41-24-10-12-25(13-11-24)57(48,49)50;;;/h1-17,45-46H,36-37H2,(H,38,47)(H,48,49,50)(H,51,52,53)(H,54,55,56);;;. The summed E-state index contributed by atoms with van der Waals surface area (Å²) in [7, 11) is -14.9. The van der Waals surface area contributed by atoms with Gasteiger partial charge in [-0.05, 0) is 102 Å². The van der Waals surface area contributed by atoms with Crippen LogP contribution in [0, 0.1) is 0 Å². The van der Waals surface area contributed by atoms with E-state index in [1.165, 1.54) is 36.4 Å². The van der Waals surface area contributed by atoms with E-state index < -0.39 is 84.5 Å². The summed E-state index contributed by atoms with van der Waals surface area (Å²) in [4.78, 5) is 1.64. The number of aliphatic hydroxyl groups is 1. The first-order valence-corrected chi connectivity index (χ1v) is 20.5. The number of hydrogen-bond donors (Lipinski definition) is 8. The summed E-state index contributed by atoms with van der Waals surface area (Å²) in [5.74, 6) is -1.57. The van der Waals surface area contributed by atoms with Gasteiger partial charge in [0, 0.05) is 106 Å². The first-order valence-electron chi connectivity index (χ1n) is 16.2. The number of phenolic OH excluding ortho intramolecular Hbond substituents is 2. The third kappa shape index (κ3) is 12.5. The summed E-state index contributed by atoms with van der Waals surface area (Å²) < 4.78 is 101. The molecule has 6 rings (SSSR count). The Morgan fingerprint density at radius 1 is 0.516 bits per heavy atom. The number of fused-ring (bicyclic) bond motifs is 1. The summed E-state index contributed by atoms with van der Waals surface area (Å²) in [6, 6.07) is 21.7. The molecule has 0 aliphatic rings. The van der Waals surface area contributed by atoms with Crippen molar-refractivity contribution in [1.29, 1.82) is 0 Å². The fourth-order valence-corrected chi connectivity index (χ4v) is 7.01. The van der Waals surface area contributed by atoms with Crippen molar-refractivity contribution in [2.45, 2.75) is 14.7 Å². The monoisotopic (exact) mass is 930 g/mol. The van der Waals surface area contributed by atoms with Gasteiger partial charge in [0.2, 0.25) is 5.90 Å². The minimum atomic E-state index is -5.20.